The van der Waals surface area contributed by atoms with Crippen molar-refractivity contribution >= 4 is 23.4 Å². The van der Waals surface area contributed by atoms with Crippen LogP contribution in [-0.2, 0) is 11.3 Å². The second-order valence-corrected chi connectivity index (χ2v) is 6.46. The summed E-state index contributed by atoms with van der Waals surface area (Å²) in [7, 11) is 0. The highest BCUT2D eigenvalue weighted by Gasteiger charge is 2.10. The van der Waals surface area contributed by atoms with E-state index in [-0.39, 0.29) is 5.91 Å². The number of carbonyl (C=O) groups is 1. The number of rotatable bonds is 7. The van der Waals surface area contributed by atoms with Crippen LogP contribution in [0.3, 0.4) is 0 Å². The van der Waals surface area contributed by atoms with E-state index in [9.17, 15) is 4.79 Å². The minimum absolute atomic E-state index is 0.0101. The van der Waals surface area contributed by atoms with Crippen molar-refractivity contribution in [2.24, 2.45) is 0 Å². The lowest BCUT2D eigenvalue weighted by molar-refractivity contribution is -0.115. The van der Waals surface area contributed by atoms with Crippen LogP contribution < -0.4 is 5.32 Å². The Bertz CT molecular complexity index is 709. The molecule has 1 amide bonds. The first-order valence-electron chi connectivity index (χ1n) is 7.52. The zero-order valence-electron chi connectivity index (χ0n) is 13.8. The van der Waals surface area contributed by atoms with Crippen molar-refractivity contribution in [3.8, 4) is 0 Å². The van der Waals surface area contributed by atoms with E-state index < -0.39 is 0 Å². The summed E-state index contributed by atoms with van der Waals surface area (Å²) < 4.78 is 1.99. The summed E-state index contributed by atoms with van der Waals surface area (Å²) in [5, 5.41) is 12.0. The number of amides is 1. The molecule has 0 unspecified atom stereocenters. The maximum atomic E-state index is 12.1. The minimum Gasteiger partial charge on any atom is -0.326 e. The number of aromatic nitrogens is 3. The predicted octanol–water partition coefficient (Wildman–Crippen LogP) is 3.51. The van der Waals surface area contributed by atoms with Gasteiger partial charge in [0, 0.05) is 24.4 Å². The monoisotopic (exact) mass is 330 g/mol. The zero-order chi connectivity index (χ0) is 16.8. The van der Waals surface area contributed by atoms with Crippen LogP contribution in [0.1, 0.15) is 23.4 Å². The average molecular weight is 330 g/mol. The van der Waals surface area contributed by atoms with E-state index in [0.29, 0.717) is 18.7 Å². The second-order valence-electron chi connectivity index (χ2n) is 5.39. The van der Waals surface area contributed by atoms with E-state index in [0.717, 1.165) is 22.2 Å². The number of benzene rings is 1. The van der Waals surface area contributed by atoms with Crippen LogP contribution in [0.15, 0.2) is 36.0 Å². The lowest BCUT2D eigenvalue weighted by Gasteiger charge is -2.09. The maximum absolute atomic E-state index is 12.1. The average Bonchev–Trinajstić information content (AvgIpc) is 2.84. The van der Waals surface area contributed by atoms with Crippen LogP contribution in [0.5, 0.6) is 0 Å². The molecule has 0 radical (unpaired) electrons. The second kappa shape index (κ2) is 7.97. The third-order valence-corrected chi connectivity index (χ3v) is 4.40. The van der Waals surface area contributed by atoms with Crippen LogP contribution in [-0.4, -0.2) is 26.4 Å². The molecule has 0 atom stereocenters. The molecule has 0 saturated carbocycles. The number of carbonyl (C=O) groups excluding carboxylic acids is 1. The van der Waals surface area contributed by atoms with Crippen molar-refractivity contribution in [2.75, 3.05) is 11.1 Å². The molecule has 1 aromatic heterocycles. The van der Waals surface area contributed by atoms with Gasteiger partial charge in [0.05, 0.1) is 0 Å². The van der Waals surface area contributed by atoms with Crippen LogP contribution >= 0.6 is 11.8 Å². The van der Waals surface area contributed by atoms with Crippen molar-refractivity contribution in [1.29, 1.82) is 0 Å². The third-order valence-electron chi connectivity index (χ3n) is 3.43. The van der Waals surface area contributed by atoms with Crippen molar-refractivity contribution < 1.29 is 4.79 Å². The fourth-order valence-electron chi connectivity index (χ4n) is 2.21. The molecular formula is C17H22N4OS. The molecule has 0 bridgehead atoms. The molecule has 122 valence electrons. The summed E-state index contributed by atoms with van der Waals surface area (Å²) in [4.78, 5) is 12.1. The fraction of sp³-hybridized carbons (Fsp3) is 0.353. The van der Waals surface area contributed by atoms with Gasteiger partial charge in [-0.2, -0.15) is 0 Å². The van der Waals surface area contributed by atoms with Crippen LogP contribution in [0, 0.1) is 20.8 Å². The van der Waals surface area contributed by atoms with Gasteiger partial charge in [0.2, 0.25) is 5.91 Å². The predicted molar refractivity (Wildman–Crippen MR) is 94.8 cm³/mol. The normalized spacial score (nSPS) is 10.6. The van der Waals surface area contributed by atoms with Gasteiger partial charge in [0.1, 0.15) is 5.82 Å². The highest BCUT2D eigenvalue weighted by atomic mass is 32.2. The summed E-state index contributed by atoms with van der Waals surface area (Å²) in [5.74, 6) is 1.52. The molecule has 2 rings (SSSR count). The number of anilines is 1. The number of nitrogens with one attached hydrogen (secondary N) is 1. The maximum Gasteiger partial charge on any atom is 0.225 e. The van der Waals surface area contributed by atoms with Crippen LogP contribution in [0.25, 0.3) is 0 Å². The van der Waals surface area contributed by atoms with Crippen LogP contribution in [0.2, 0.25) is 0 Å². The zero-order valence-corrected chi connectivity index (χ0v) is 14.6. The quantitative estimate of drug-likeness (QED) is 0.623. The Morgan fingerprint density at radius 2 is 2.13 bits per heavy atom. The van der Waals surface area contributed by atoms with Crippen molar-refractivity contribution in [2.45, 2.75) is 38.9 Å². The molecule has 6 heteroatoms. The van der Waals surface area contributed by atoms with Gasteiger partial charge in [-0.1, -0.05) is 35.5 Å². The summed E-state index contributed by atoms with van der Waals surface area (Å²) in [6.07, 6.45) is 2.24. The Morgan fingerprint density at radius 1 is 1.35 bits per heavy atom. The van der Waals surface area contributed by atoms with Crippen molar-refractivity contribution in [3.05, 3.63) is 47.8 Å². The largest absolute Gasteiger partial charge is 0.326 e. The Kier molecular flexibility index (Phi) is 5.98. The lowest BCUT2D eigenvalue weighted by Crippen LogP contribution is -2.13. The summed E-state index contributed by atoms with van der Waals surface area (Å²) in [5.41, 5.74) is 3.14. The van der Waals surface area contributed by atoms with Gasteiger partial charge in [-0.15, -0.1) is 16.8 Å². The van der Waals surface area contributed by atoms with Crippen LogP contribution in [0.4, 0.5) is 5.69 Å². The molecule has 0 saturated heterocycles. The molecule has 0 aliphatic heterocycles. The highest BCUT2D eigenvalue weighted by Crippen LogP contribution is 2.19. The van der Waals surface area contributed by atoms with Crippen molar-refractivity contribution in [3.63, 3.8) is 0 Å². The first-order chi connectivity index (χ1) is 11.0. The number of allylic oxidation sites excluding steroid dienone is 1. The molecule has 23 heavy (non-hydrogen) atoms. The molecule has 1 heterocycles. The van der Waals surface area contributed by atoms with E-state index in [2.05, 4.69) is 28.2 Å². The van der Waals surface area contributed by atoms with E-state index in [1.807, 2.05) is 43.5 Å². The van der Waals surface area contributed by atoms with E-state index in [4.69, 9.17) is 0 Å². The van der Waals surface area contributed by atoms with Gasteiger partial charge in [-0.25, -0.2) is 0 Å². The molecule has 5 nitrogen and oxygen atoms in total. The molecule has 0 aliphatic carbocycles. The fourth-order valence-corrected chi connectivity index (χ4v) is 3.14. The molecule has 0 fully saturated rings. The number of hydrogen-bond acceptors (Lipinski definition) is 4. The molecule has 0 aliphatic rings. The Labute approximate surface area is 141 Å². The molecular weight excluding hydrogens is 308 g/mol. The van der Waals surface area contributed by atoms with E-state index in [1.165, 1.54) is 17.3 Å². The summed E-state index contributed by atoms with van der Waals surface area (Å²) in [6, 6.07) is 6.00. The third kappa shape index (κ3) is 4.69. The Balaban J connectivity index is 1.86. The van der Waals surface area contributed by atoms with Gasteiger partial charge in [-0.3, -0.25) is 4.79 Å². The molecule has 1 aromatic carbocycles. The molecule has 0 spiro atoms. The Hall–Kier alpha value is -2.08. The van der Waals surface area contributed by atoms with Gasteiger partial charge in [-0.05, 0) is 32.4 Å². The van der Waals surface area contributed by atoms with E-state index in [1.54, 1.807) is 0 Å². The summed E-state index contributed by atoms with van der Waals surface area (Å²) in [6.45, 7) is 10.4. The molecule has 1 N–H and O–H groups in total. The summed E-state index contributed by atoms with van der Waals surface area (Å²) >= 11 is 1.53. The number of hydrogen-bond donors (Lipinski definition) is 1. The van der Waals surface area contributed by atoms with Crippen molar-refractivity contribution in [1.82, 2.24) is 14.8 Å². The van der Waals surface area contributed by atoms with Gasteiger partial charge >= 0.3 is 0 Å². The van der Waals surface area contributed by atoms with Gasteiger partial charge < -0.3 is 9.88 Å². The minimum atomic E-state index is 0.0101. The van der Waals surface area contributed by atoms with Gasteiger partial charge in [0.15, 0.2) is 5.16 Å². The first kappa shape index (κ1) is 17.3. The molecule has 2 aromatic rings. The van der Waals surface area contributed by atoms with E-state index >= 15 is 0 Å². The topological polar surface area (TPSA) is 59.8 Å². The first-order valence-corrected chi connectivity index (χ1v) is 8.50. The SMILES string of the molecule is C=CCn1c(C)nnc1SCCC(=O)Nc1ccc(C)cc1C. The smallest absolute Gasteiger partial charge is 0.225 e. The standard InChI is InChI=1S/C17H22N4OS/c1-5-9-21-14(4)19-20-17(21)23-10-8-16(22)18-15-7-6-12(2)11-13(15)3/h5-7,11H,1,8-10H2,2-4H3,(H,18,22). The number of aryl methyl sites for hydroxylation is 3. The number of nitrogens with zero attached hydrogens (tertiary/aromatic N) is 3. The van der Waals surface area contributed by atoms with Gasteiger partial charge in [0.25, 0.3) is 0 Å². The Morgan fingerprint density at radius 3 is 2.83 bits per heavy atom. The lowest BCUT2D eigenvalue weighted by atomic mass is 10.1. The number of thioether (sulfide) groups is 1. The highest BCUT2D eigenvalue weighted by molar-refractivity contribution is 7.99.